The van der Waals surface area contributed by atoms with E-state index in [1.807, 2.05) is 30.3 Å². The van der Waals surface area contributed by atoms with Gasteiger partial charge in [-0.1, -0.05) is 18.2 Å². The predicted molar refractivity (Wildman–Crippen MR) is 133 cm³/mol. The summed E-state index contributed by atoms with van der Waals surface area (Å²) in [7, 11) is 1.66. The van der Waals surface area contributed by atoms with Crippen molar-refractivity contribution in [2.75, 3.05) is 7.11 Å². The van der Waals surface area contributed by atoms with Gasteiger partial charge >= 0.3 is 0 Å². The minimum Gasteiger partial charge on any atom is -0.497 e. The van der Waals surface area contributed by atoms with Crippen molar-refractivity contribution in [1.82, 2.24) is 30.1 Å². The van der Waals surface area contributed by atoms with E-state index < -0.39 is 0 Å². The summed E-state index contributed by atoms with van der Waals surface area (Å²) in [6.45, 7) is 0. The minimum atomic E-state index is -0.257. The number of nitrogens with zero attached hydrogens (tertiary/aromatic N) is 5. The van der Waals surface area contributed by atoms with Crippen molar-refractivity contribution in [2.45, 2.75) is 56.1 Å². The van der Waals surface area contributed by atoms with Crippen molar-refractivity contribution >= 4 is 11.7 Å². The first-order chi connectivity index (χ1) is 17.6. The smallest absolute Gasteiger partial charge is 0.271 e. The van der Waals surface area contributed by atoms with Gasteiger partial charge in [-0.05, 0) is 73.9 Å². The Kier molecular flexibility index (Phi) is 5.64. The lowest BCUT2D eigenvalue weighted by Crippen LogP contribution is -2.38. The Morgan fingerprint density at radius 1 is 1.11 bits per heavy atom. The minimum absolute atomic E-state index is 0.0857. The van der Waals surface area contributed by atoms with E-state index in [0.717, 1.165) is 55.4 Å². The molecule has 0 aliphatic heterocycles. The molecule has 2 fully saturated rings. The highest BCUT2D eigenvalue weighted by atomic mass is 16.5. The number of hydrogen-bond acceptors (Lipinski definition) is 7. The number of nitrogens with one attached hydrogen (secondary N) is 1. The Bertz CT molecular complexity index is 1400. The molecule has 2 aromatic carbocycles. The average molecular weight is 485 g/mol. The van der Waals surface area contributed by atoms with Gasteiger partial charge in [0.2, 0.25) is 0 Å². The van der Waals surface area contributed by atoms with Gasteiger partial charge in [0, 0.05) is 22.6 Å². The Morgan fingerprint density at radius 3 is 2.61 bits per heavy atom. The number of carbonyl (C=O) groups excluding carboxylic acids is 1. The number of amides is 1. The predicted octanol–water partition coefficient (Wildman–Crippen LogP) is 3.31. The fourth-order valence-electron chi connectivity index (χ4n) is 5.31. The van der Waals surface area contributed by atoms with Crippen molar-refractivity contribution in [1.29, 1.82) is 0 Å². The number of aliphatic hydroxyl groups is 1. The number of benzene rings is 2. The number of aromatic nitrogens is 5. The maximum Gasteiger partial charge on any atom is 0.271 e. The van der Waals surface area contributed by atoms with Gasteiger partial charge in [-0.3, -0.25) is 4.79 Å². The average Bonchev–Trinajstić information content (AvgIpc) is 3.59. The molecule has 2 aliphatic carbocycles. The Labute approximate surface area is 208 Å². The zero-order valence-electron chi connectivity index (χ0n) is 20.1. The summed E-state index contributed by atoms with van der Waals surface area (Å²) >= 11 is 0. The standard InChI is InChI=1S/C27H28N6O3/c1-36-21-9-3-18(4-10-21)27(12-13-27)23-14-17(25(35)30-19-5-7-20(34)8-6-19)2-11-22(23)24-15-28-26-31-29-16-33(26)32-24/h2-4,9-11,14-16,19-20,34H,5-8,12-13H2,1H3,(H,30,35). The molecule has 2 aromatic heterocycles. The van der Waals surface area contributed by atoms with E-state index in [4.69, 9.17) is 4.74 Å². The van der Waals surface area contributed by atoms with Crippen LogP contribution in [0, 0.1) is 0 Å². The van der Waals surface area contributed by atoms with Gasteiger partial charge < -0.3 is 15.2 Å². The van der Waals surface area contributed by atoms with E-state index in [9.17, 15) is 9.90 Å². The van der Waals surface area contributed by atoms with Crippen molar-refractivity contribution in [3.8, 4) is 17.0 Å². The molecule has 0 unspecified atom stereocenters. The van der Waals surface area contributed by atoms with Crippen LogP contribution in [0.3, 0.4) is 0 Å². The van der Waals surface area contributed by atoms with E-state index in [0.29, 0.717) is 17.0 Å². The monoisotopic (exact) mass is 484 g/mol. The van der Waals surface area contributed by atoms with E-state index in [2.05, 4.69) is 37.7 Å². The molecule has 9 heteroatoms. The van der Waals surface area contributed by atoms with E-state index in [1.165, 1.54) is 11.9 Å². The number of methoxy groups -OCH3 is 1. The van der Waals surface area contributed by atoms with Crippen LogP contribution in [-0.4, -0.2) is 55.1 Å². The van der Waals surface area contributed by atoms with Crippen molar-refractivity contribution < 1.29 is 14.6 Å². The molecule has 2 heterocycles. The summed E-state index contributed by atoms with van der Waals surface area (Å²) in [6, 6.07) is 14.1. The lowest BCUT2D eigenvalue weighted by atomic mass is 9.83. The first-order valence-corrected chi connectivity index (χ1v) is 12.4. The van der Waals surface area contributed by atoms with Crippen LogP contribution < -0.4 is 10.1 Å². The number of rotatable bonds is 6. The molecule has 36 heavy (non-hydrogen) atoms. The van der Waals surface area contributed by atoms with Gasteiger partial charge in [0.1, 0.15) is 17.8 Å². The zero-order valence-corrected chi connectivity index (χ0v) is 20.1. The van der Waals surface area contributed by atoms with Gasteiger partial charge in [-0.25, -0.2) is 4.98 Å². The number of fused-ring (bicyclic) bond motifs is 1. The highest BCUT2D eigenvalue weighted by molar-refractivity contribution is 5.95. The number of aliphatic hydroxyl groups excluding tert-OH is 1. The molecule has 9 nitrogen and oxygen atoms in total. The zero-order chi connectivity index (χ0) is 24.7. The van der Waals surface area contributed by atoms with Crippen molar-refractivity contribution in [2.24, 2.45) is 0 Å². The first kappa shape index (κ1) is 22.6. The summed E-state index contributed by atoms with van der Waals surface area (Å²) in [4.78, 5) is 17.7. The molecule has 2 aliphatic rings. The Balaban J connectivity index is 1.40. The summed E-state index contributed by atoms with van der Waals surface area (Å²) in [5, 5.41) is 25.5. The molecule has 0 atom stereocenters. The van der Waals surface area contributed by atoms with E-state index in [1.54, 1.807) is 17.8 Å². The van der Waals surface area contributed by atoms with Crippen LogP contribution in [0.25, 0.3) is 17.0 Å². The third kappa shape index (κ3) is 4.09. The SMILES string of the molecule is COc1ccc(C2(c3cc(C(=O)NC4CCC(O)CC4)ccc3-c3cnc4nncn4n3)CC2)cc1. The number of ether oxygens (including phenoxy) is 1. The van der Waals surface area contributed by atoms with Crippen LogP contribution in [0.1, 0.15) is 60.0 Å². The molecule has 0 saturated heterocycles. The van der Waals surface area contributed by atoms with Crippen LogP contribution in [0.5, 0.6) is 5.75 Å². The van der Waals surface area contributed by atoms with Crippen molar-refractivity contribution in [3.63, 3.8) is 0 Å². The van der Waals surface area contributed by atoms with Gasteiger partial charge in [-0.2, -0.15) is 9.61 Å². The molecule has 2 N–H and O–H groups in total. The second-order valence-electron chi connectivity index (χ2n) is 9.77. The second-order valence-corrected chi connectivity index (χ2v) is 9.77. The normalized spacial score (nSPS) is 20.7. The molecule has 1 amide bonds. The molecule has 0 radical (unpaired) electrons. The van der Waals surface area contributed by atoms with Crippen LogP contribution in [-0.2, 0) is 5.41 Å². The summed E-state index contributed by atoms with van der Waals surface area (Å²) in [5.41, 5.74) is 4.28. The quantitative estimate of drug-likeness (QED) is 0.431. The van der Waals surface area contributed by atoms with Crippen LogP contribution >= 0.6 is 0 Å². The van der Waals surface area contributed by atoms with Gasteiger partial charge in [-0.15, -0.1) is 10.2 Å². The maximum absolute atomic E-state index is 13.3. The molecular formula is C27H28N6O3. The lowest BCUT2D eigenvalue weighted by molar-refractivity contribution is 0.0867. The molecule has 0 spiro atoms. The first-order valence-electron chi connectivity index (χ1n) is 12.4. The Hall–Kier alpha value is -3.85. The van der Waals surface area contributed by atoms with Gasteiger partial charge in [0.25, 0.3) is 11.7 Å². The number of hydrogen-bond donors (Lipinski definition) is 2. The molecule has 0 bridgehead atoms. The second kappa shape index (κ2) is 8.98. The van der Waals surface area contributed by atoms with Crippen LogP contribution in [0.4, 0.5) is 0 Å². The Morgan fingerprint density at radius 2 is 1.89 bits per heavy atom. The van der Waals surface area contributed by atoms with E-state index >= 15 is 0 Å². The highest BCUT2D eigenvalue weighted by Crippen LogP contribution is 2.56. The largest absolute Gasteiger partial charge is 0.497 e. The molecule has 184 valence electrons. The van der Waals surface area contributed by atoms with Gasteiger partial charge in [0.05, 0.1) is 19.4 Å². The molecule has 2 saturated carbocycles. The fourth-order valence-corrected chi connectivity index (χ4v) is 5.31. The third-order valence-electron chi connectivity index (χ3n) is 7.53. The number of carbonyl (C=O) groups is 1. The fraction of sp³-hybridized carbons (Fsp3) is 0.370. The molecule has 4 aromatic rings. The summed E-state index contributed by atoms with van der Waals surface area (Å²) in [5.74, 6) is 1.16. The summed E-state index contributed by atoms with van der Waals surface area (Å²) < 4.78 is 6.92. The van der Waals surface area contributed by atoms with E-state index in [-0.39, 0.29) is 23.5 Å². The van der Waals surface area contributed by atoms with Crippen LogP contribution in [0.15, 0.2) is 55.0 Å². The molecule has 6 rings (SSSR count). The highest BCUT2D eigenvalue weighted by Gasteiger charge is 2.47. The lowest BCUT2D eigenvalue weighted by Gasteiger charge is -2.26. The molecular weight excluding hydrogens is 456 g/mol. The van der Waals surface area contributed by atoms with Gasteiger partial charge in [0.15, 0.2) is 0 Å². The summed E-state index contributed by atoms with van der Waals surface area (Å²) in [6.07, 6.45) is 7.96. The van der Waals surface area contributed by atoms with Crippen molar-refractivity contribution in [3.05, 3.63) is 71.7 Å². The maximum atomic E-state index is 13.3. The topological polar surface area (TPSA) is 115 Å². The van der Waals surface area contributed by atoms with Crippen LogP contribution in [0.2, 0.25) is 0 Å². The third-order valence-corrected chi connectivity index (χ3v) is 7.53.